The molecule has 0 radical (unpaired) electrons. The van der Waals surface area contributed by atoms with Crippen LogP contribution >= 0.6 is 0 Å². The zero-order valence-corrected chi connectivity index (χ0v) is 12.9. The lowest BCUT2D eigenvalue weighted by molar-refractivity contribution is 0.0530. The smallest absolute Gasteiger partial charge is 0.407 e. The number of aromatic nitrogens is 2. The van der Waals surface area contributed by atoms with Crippen molar-refractivity contribution < 1.29 is 9.53 Å². The summed E-state index contributed by atoms with van der Waals surface area (Å²) < 4.78 is 5.12. The Morgan fingerprint density at radius 1 is 1.27 bits per heavy atom. The minimum atomic E-state index is -0.525. The number of para-hydroxylation sites is 1. The molecule has 0 spiro atoms. The predicted molar refractivity (Wildman–Crippen MR) is 85.1 cm³/mol. The third-order valence-electron chi connectivity index (χ3n) is 2.70. The number of hydrogen-bond acceptors (Lipinski definition) is 5. The second-order valence-corrected chi connectivity index (χ2v) is 5.79. The van der Waals surface area contributed by atoms with E-state index in [1.165, 1.54) is 0 Å². The van der Waals surface area contributed by atoms with Crippen molar-refractivity contribution in [2.75, 3.05) is 18.4 Å². The van der Waals surface area contributed by atoms with Crippen LogP contribution in [0.15, 0.2) is 29.1 Å². The molecule has 0 aliphatic heterocycles. The first kappa shape index (κ1) is 15.8. The van der Waals surface area contributed by atoms with Gasteiger partial charge in [-0.1, -0.05) is 12.1 Å². The molecular weight excluding hydrogens is 284 g/mol. The fraction of sp³-hybridized carbons (Fsp3) is 0.400. The lowest BCUT2D eigenvalue weighted by Crippen LogP contribution is -2.35. The Bertz CT molecular complexity index is 719. The molecule has 0 unspecified atom stereocenters. The normalized spacial score (nSPS) is 11.2. The van der Waals surface area contributed by atoms with Crippen LogP contribution in [0.1, 0.15) is 20.8 Å². The van der Waals surface area contributed by atoms with Crippen LogP contribution in [-0.4, -0.2) is 34.8 Å². The van der Waals surface area contributed by atoms with Gasteiger partial charge < -0.3 is 15.4 Å². The summed E-state index contributed by atoms with van der Waals surface area (Å²) in [7, 11) is 0. The number of H-pyrrole nitrogens is 1. The summed E-state index contributed by atoms with van der Waals surface area (Å²) in [4.78, 5) is 30.3. The highest BCUT2D eigenvalue weighted by Gasteiger charge is 2.15. The highest BCUT2D eigenvalue weighted by atomic mass is 16.6. The Kier molecular flexibility index (Phi) is 4.65. The van der Waals surface area contributed by atoms with E-state index in [1.807, 2.05) is 6.07 Å². The van der Waals surface area contributed by atoms with Gasteiger partial charge in [0.25, 0.3) is 5.56 Å². The average molecular weight is 304 g/mol. The van der Waals surface area contributed by atoms with E-state index in [1.54, 1.807) is 39.0 Å². The number of ether oxygens (including phenoxy) is 1. The lowest BCUT2D eigenvalue weighted by Gasteiger charge is -2.19. The minimum Gasteiger partial charge on any atom is -0.444 e. The summed E-state index contributed by atoms with van der Waals surface area (Å²) in [5, 5.41) is 6.12. The minimum absolute atomic E-state index is 0.201. The first-order chi connectivity index (χ1) is 10.3. The zero-order valence-electron chi connectivity index (χ0n) is 12.9. The Morgan fingerprint density at radius 3 is 2.73 bits per heavy atom. The fourth-order valence-corrected chi connectivity index (χ4v) is 1.83. The molecule has 7 heteroatoms. The molecule has 0 saturated carbocycles. The van der Waals surface area contributed by atoms with Gasteiger partial charge in [-0.3, -0.25) is 9.78 Å². The standard InChI is InChI=1S/C15H20N4O3/c1-15(2,3)22-14(21)17-9-8-16-13-18-11-7-5-4-6-10(11)12(20)19-13/h4-7H,8-9H2,1-3H3,(H,17,21)(H2,16,18,19,20). The second-order valence-electron chi connectivity index (χ2n) is 5.79. The maximum atomic E-state index is 11.9. The van der Waals surface area contributed by atoms with Gasteiger partial charge in [0, 0.05) is 13.1 Å². The van der Waals surface area contributed by atoms with Crippen LogP contribution in [0.25, 0.3) is 10.9 Å². The van der Waals surface area contributed by atoms with Gasteiger partial charge in [-0.25, -0.2) is 9.78 Å². The molecule has 0 fully saturated rings. The van der Waals surface area contributed by atoms with Crippen molar-refractivity contribution in [2.24, 2.45) is 0 Å². The molecule has 0 aliphatic rings. The monoisotopic (exact) mass is 304 g/mol. The number of hydrogen-bond donors (Lipinski definition) is 3. The van der Waals surface area contributed by atoms with Gasteiger partial charge in [-0.2, -0.15) is 0 Å². The van der Waals surface area contributed by atoms with Gasteiger partial charge >= 0.3 is 6.09 Å². The second kappa shape index (κ2) is 6.46. The molecule has 2 aromatic rings. The molecule has 118 valence electrons. The van der Waals surface area contributed by atoms with E-state index in [0.29, 0.717) is 29.9 Å². The molecule has 1 aromatic heterocycles. The van der Waals surface area contributed by atoms with Crippen LogP contribution in [-0.2, 0) is 4.74 Å². The number of aromatic amines is 1. The highest BCUT2D eigenvalue weighted by molar-refractivity contribution is 5.78. The maximum Gasteiger partial charge on any atom is 0.407 e. The zero-order chi connectivity index (χ0) is 16.2. The number of fused-ring (bicyclic) bond motifs is 1. The summed E-state index contributed by atoms with van der Waals surface area (Å²) in [6, 6.07) is 7.10. The first-order valence-electron chi connectivity index (χ1n) is 7.05. The Labute approximate surface area is 128 Å². The van der Waals surface area contributed by atoms with Crippen LogP contribution in [0.5, 0.6) is 0 Å². The summed E-state index contributed by atoms with van der Waals surface area (Å²) in [5.74, 6) is 0.370. The van der Waals surface area contributed by atoms with E-state index >= 15 is 0 Å². The van der Waals surface area contributed by atoms with Crippen LogP contribution in [0, 0.1) is 0 Å². The van der Waals surface area contributed by atoms with E-state index in [4.69, 9.17) is 4.74 Å². The van der Waals surface area contributed by atoms with E-state index < -0.39 is 11.7 Å². The van der Waals surface area contributed by atoms with Crippen LogP contribution in [0.3, 0.4) is 0 Å². The molecule has 0 bridgehead atoms. The molecular formula is C15H20N4O3. The molecule has 0 aliphatic carbocycles. The summed E-state index contributed by atoms with van der Waals surface area (Å²) >= 11 is 0. The third-order valence-corrected chi connectivity index (χ3v) is 2.70. The van der Waals surface area contributed by atoms with Gasteiger partial charge in [-0.15, -0.1) is 0 Å². The first-order valence-corrected chi connectivity index (χ1v) is 7.05. The SMILES string of the molecule is CC(C)(C)OC(=O)NCCNc1nc2ccccc2c(=O)[nH]1. The van der Waals surface area contributed by atoms with Gasteiger partial charge in [0.15, 0.2) is 0 Å². The largest absolute Gasteiger partial charge is 0.444 e. The molecule has 2 rings (SSSR count). The maximum absolute atomic E-state index is 11.9. The van der Waals surface area contributed by atoms with Crippen LogP contribution < -0.4 is 16.2 Å². The molecule has 1 amide bonds. The van der Waals surface area contributed by atoms with Crippen molar-refractivity contribution >= 4 is 22.9 Å². The van der Waals surface area contributed by atoms with Crippen molar-refractivity contribution in [3.8, 4) is 0 Å². The highest BCUT2D eigenvalue weighted by Crippen LogP contribution is 2.08. The molecule has 3 N–H and O–H groups in total. The predicted octanol–water partition coefficient (Wildman–Crippen LogP) is 1.86. The van der Waals surface area contributed by atoms with Gasteiger partial charge in [-0.05, 0) is 32.9 Å². The third kappa shape index (κ3) is 4.47. The molecule has 1 aromatic carbocycles. The van der Waals surface area contributed by atoms with E-state index in [0.717, 1.165) is 0 Å². The number of nitrogens with zero attached hydrogens (tertiary/aromatic N) is 1. The van der Waals surface area contributed by atoms with E-state index in [9.17, 15) is 9.59 Å². The average Bonchev–Trinajstić information content (AvgIpc) is 2.42. The molecule has 22 heavy (non-hydrogen) atoms. The Balaban J connectivity index is 1.88. The van der Waals surface area contributed by atoms with Crippen LogP contribution in [0.4, 0.5) is 10.7 Å². The molecule has 0 atom stereocenters. The van der Waals surface area contributed by atoms with Crippen molar-refractivity contribution in [3.05, 3.63) is 34.6 Å². The van der Waals surface area contributed by atoms with Gasteiger partial charge in [0.05, 0.1) is 10.9 Å². The molecule has 1 heterocycles. The summed E-state index contributed by atoms with van der Waals surface area (Å²) in [6.45, 7) is 6.17. The van der Waals surface area contributed by atoms with Gasteiger partial charge in [0.2, 0.25) is 5.95 Å². The van der Waals surface area contributed by atoms with Gasteiger partial charge in [0.1, 0.15) is 5.60 Å². The van der Waals surface area contributed by atoms with Crippen LogP contribution in [0.2, 0.25) is 0 Å². The number of amides is 1. The summed E-state index contributed by atoms with van der Waals surface area (Å²) in [5.41, 5.74) is -0.107. The summed E-state index contributed by atoms with van der Waals surface area (Å²) in [6.07, 6.45) is -0.478. The number of anilines is 1. The topological polar surface area (TPSA) is 96.1 Å². The van der Waals surface area contributed by atoms with E-state index in [2.05, 4.69) is 20.6 Å². The quantitative estimate of drug-likeness (QED) is 0.749. The van der Waals surface area contributed by atoms with Crippen molar-refractivity contribution in [1.82, 2.24) is 15.3 Å². The lowest BCUT2D eigenvalue weighted by atomic mass is 10.2. The molecule has 0 saturated heterocycles. The van der Waals surface area contributed by atoms with Crippen molar-refractivity contribution in [3.63, 3.8) is 0 Å². The number of rotatable bonds is 4. The number of alkyl carbamates (subject to hydrolysis) is 1. The van der Waals surface area contributed by atoms with Crippen molar-refractivity contribution in [2.45, 2.75) is 26.4 Å². The number of nitrogens with one attached hydrogen (secondary N) is 3. The Morgan fingerprint density at radius 2 is 2.00 bits per heavy atom. The molecule has 7 nitrogen and oxygen atoms in total. The fourth-order valence-electron chi connectivity index (χ4n) is 1.83. The van der Waals surface area contributed by atoms with Crippen molar-refractivity contribution in [1.29, 1.82) is 0 Å². The number of carbonyl (C=O) groups excluding carboxylic acids is 1. The number of benzene rings is 1. The van der Waals surface area contributed by atoms with E-state index in [-0.39, 0.29) is 5.56 Å². The number of carbonyl (C=O) groups is 1. The Hall–Kier alpha value is -2.57.